The van der Waals surface area contributed by atoms with E-state index >= 15 is 0 Å². The van der Waals surface area contributed by atoms with Gasteiger partial charge in [-0.1, -0.05) is 13.0 Å². The zero-order chi connectivity index (χ0) is 26.4. The normalized spacial score (nSPS) is 27.3. The molecule has 202 valence electrons. The van der Waals surface area contributed by atoms with Gasteiger partial charge in [0, 0.05) is 44.0 Å². The zero-order valence-corrected chi connectivity index (χ0v) is 21.4. The molecule has 6 nitrogen and oxygen atoms in total. The molecule has 37 heavy (non-hydrogen) atoms. The molecule has 5 rings (SSSR count). The second kappa shape index (κ2) is 10.0. The highest BCUT2D eigenvalue weighted by Gasteiger charge is 2.45. The van der Waals surface area contributed by atoms with Crippen LogP contribution in [-0.2, 0) is 11.0 Å². The molecule has 1 amide bonds. The van der Waals surface area contributed by atoms with Gasteiger partial charge in [-0.15, -0.1) is 0 Å². The zero-order valence-electron chi connectivity index (χ0n) is 21.4. The molecule has 0 aromatic heterocycles. The molecule has 2 aliphatic heterocycles. The van der Waals surface area contributed by atoms with E-state index < -0.39 is 23.5 Å². The molecule has 1 aromatic carbocycles. The summed E-state index contributed by atoms with van der Waals surface area (Å²) in [7, 11) is 0. The summed E-state index contributed by atoms with van der Waals surface area (Å²) in [5.74, 6) is -1.14. The number of rotatable bonds is 7. The maximum Gasteiger partial charge on any atom is 0.416 e. The Hall–Kier alpha value is -2.46. The number of nitrogens with zero attached hydrogens (tertiary/aromatic N) is 3. The standard InChI is InChI=1S/C27H35F4N5O/c1-17-3-8-23-24(17)26(2,34-16-33-23)36-11-9-35(10-12-36)25(37)21(15-32-14-18-4-5-18)20-7-6-19(13-22(20)28)27(29,30)31/h6-7,13,16-18,21,32H,3-5,8-12,14-15H2,1-2H3,(H,33,34)/t17-,21-,26-/m1/s1. The number of carbonyl (C=O) groups excluding carboxylic acids is 1. The SMILES string of the molecule is C[C@@H]1CCC2=C1[C@@](C)(N1CCN(C(=O)[C@H](CNCC3CC3)c3ccc(C(F)(F)F)cc3F)CC1)NC=N2. The molecule has 0 spiro atoms. The lowest BCUT2D eigenvalue weighted by Crippen LogP contribution is -2.64. The number of aliphatic imine (C=N–C) groups is 1. The van der Waals surface area contributed by atoms with Gasteiger partial charge < -0.3 is 15.5 Å². The number of hydrogen-bond acceptors (Lipinski definition) is 5. The lowest BCUT2D eigenvalue weighted by atomic mass is 9.89. The maximum atomic E-state index is 14.9. The maximum absolute atomic E-state index is 14.9. The number of amides is 1. The van der Waals surface area contributed by atoms with Crippen molar-refractivity contribution in [2.75, 3.05) is 39.3 Å². The van der Waals surface area contributed by atoms with E-state index in [1.807, 2.05) is 0 Å². The summed E-state index contributed by atoms with van der Waals surface area (Å²) in [5.41, 5.74) is 1.05. The second-order valence-electron chi connectivity index (χ2n) is 11.0. The molecular weight excluding hydrogens is 486 g/mol. The van der Waals surface area contributed by atoms with Crippen molar-refractivity contribution in [3.8, 4) is 0 Å². The van der Waals surface area contributed by atoms with E-state index in [4.69, 9.17) is 0 Å². The van der Waals surface area contributed by atoms with E-state index in [0.717, 1.165) is 50.1 Å². The smallest absolute Gasteiger partial charge is 0.355 e. The highest BCUT2D eigenvalue weighted by Crippen LogP contribution is 2.42. The van der Waals surface area contributed by atoms with Gasteiger partial charge in [-0.3, -0.25) is 9.69 Å². The predicted octanol–water partition coefficient (Wildman–Crippen LogP) is 4.10. The summed E-state index contributed by atoms with van der Waals surface area (Å²) < 4.78 is 54.2. The molecule has 4 aliphatic rings. The topological polar surface area (TPSA) is 60.0 Å². The summed E-state index contributed by atoms with van der Waals surface area (Å²) in [6, 6.07) is 2.49. The van der Waals surface area contributed by atoms with E-state index in [9.17, 15) is 22.4 Å². The molecule has 2 aliphatic carbocycles. The van der Waals surface area contributed by atoms with E-state index in [0.29, 0.717) is 44.1 Å². The summed E-state index contributed by atoms with van der Waals surface area (Å²) in [6.07, 6.45) is 1.42. The Labute approximate surface area is 215 Å². The molecule has 0 radical (unpaired) electrons. The molecule has 2 N–H and O–H groups in total. The van der Waals surface area contributed by atoms with Crippen molar-refractivity contribution in [3.63, 3.8) is 0 Å². The Balaban J connectivity index is 1.30. The number of nitrogens with one attached hydrogen (secondary N) is 2. The van der Waals surface area contributed by atoms with Gasteiger partial charge in [0.15, 0.2) is 0 Å². The van der Waals surface area contributed by atoms with Gasteiger partial charge in [-0.25, -0.2) is 9.38 Å². The van der Waals surface area contributed by atoms with Crippen LogP contribution in [0.25, 0.3) is 0 Å². The van der Waals surface area contributed by atoms with E-state index in [1.165, 1.54) is 5.57 Å². The quantitative estimate of drug-likeness (QED) is 0.531. The van der Waals surface area contributed by atoms with Gasteiger partial charge >= 0.3 is 6.18 Å². The number of alkyl halides is 3. The molecule has 10 heteroatoms. The highest BCUT2D eigenvalue weighted by atomic mass is 19.4. The van der Waals surface area contributed by atoms with Gasteiger partial charge in [0.05, 0.1) is 17.8 Å². The van der Waals surface area contributed by atoms with Crippen LogP contribution < -0.4 is 10.6 Å². The third-order valence-corrected chi connectivity index (χ3v) is 8.41. The van der Waals surface area contributed by atoms with Crippen LogP contribution in [0.1, 0.15) is 56.6 Å². The molecule has 0 unspecified atom stereocenters. The van der Waals surface area contributed by atoms with Crippen molar-refractivity contribution >= 4 is 12.2 Å². The minimum atomic E-state index is -4.64. The number of hydrogen-bond donors (Lipinski definition) is 2. The Morgan fingerprint density at radius 1 is 1.22 bits per heavy atom. The largest absolute Gasteiger partial charge is 0.416 e. The van der Waals surface area contributed by atoms with Crippen molar-refractivity contribution in [2.24, 2.45) is 16.8 Å². The highest BCUT2D eigenvalue weighted by molar-refractivity contribution is 5.84. The van der Waals surface area contributed by atoms with Crippen LogP contribution in [-0.4, -0.2) is 67.0 Å². The molecule has 2 heterocycles. The van der Waals surface area contributed by atoms with Crippen LogP contribution in [0.5, 0.6) is 0 Å². The predicted molar refractivity (Wildman–Crippen MR) is 133 cm³/mol. The Bertz CT molecular complexity index is 1090. The van der Waals surface area contributed by atoms with Crippen LogP contribution in [0.15, 0.2) is 34.5 Å². The Kier molecular flexibility index (Phi) is 7.08. The third-order valence-electron chi connectivity index (χ3n) is 8.41. The van der Waals surface area contributed by atoms with Gasteiger partial charge in [0.1, 0.15) is 11.5 Å². The van der Waals surface area contributed by atoms with E-state index in [1.54, 1.807) is 11.2 Å². The van der Waals surface area contributed by atoms with Gasteiger partial charge in [-0.05, 0) is 68.7 Å². The van der Waals surface area contributed by atoms with E-state index in [2.05, 4.69) is 34.4 Å². The van der Waals surface area contributed by atoms with Crippen LogP contribution in [0, 0.1) is 17.7 Å². The van der Waals surface area contributed by atoms with Crippen molar-refractivity contribution in [1.82, 2.24) is 20.4 Å². The lowest BCUT2D eigenvalue weighted by molar-refractivity contribution is -0.137. The van der Waals surface area contributed by atoms with Crippen molar-refractivity contribution in [1.29, 1.82) is 0 Å². The lowest BCUT2D eigenvalue weighted by Gasteiger charge is -2.49. The molecule has 0 bridgehead atoms. The number of piperazine rings is 1. The molecule has 1 saturated heterocycles. The van der Waals surface area contributed by atoms with Gasteiger partial charge in [0.2, 0.25) is 5.91 Å². The fourth-order valence-corrected chi connectivity index (χ4v) is 6.05. The first-order valence-electron chi connectivity index (χ1n) is 13.2. The summed E-state index contributed by atoms with van der Waals surface area (Å²) in [5, 5.41) is 6.71. The monoisotopic (exact) mass is 521 g/mol. The third kappa shape index (κ3) is 5.27. The molecule has 2 fully saturated rings. The van der Waals surface area contributed by atoms with Crippen molar-refractivity contribution in [3.05, 3.63) is 46.4 Å². The van der Waals surface area contributed by atoms with Crippen LogP contribution >= 0.6 is 0 Å². The summed E-state index contributed by atoms with van der Waals surface area (Å²) in [6.45, 7) is 7.49. The average molecular weight is 522 g/mol. The molecule has 1 aromatic rings. The van der Waals surface area contributed by atoms with Crippen LogP contribution in [0.2, 0.25) is 0 Å². The first kappa shape index (κ1) is 26.2. The summed E-state index contributed by atoms with van der Waals surface area (Å²) in [4.78, 5) is 22.3. The summed E-state index contributed by atoms with van der Waals surface area (Å²) >= 11 is 0. The second-order valence-corrected chi connectivity index (χ2v) is 11.0. The first-order chi connectivity index (χ1) is 17.6. The fourth-order valence-electron chi connectivity index (χ4n) is 6.05. The fraction of sp³-hybridized carbons (Fsp3) is 0.630. The Morgan fingerprint density at radius 3 is 2.59 bits per heavy atom. The van der Waals surface area contributed by atoms with Crippen molar-refractivity contribution < 1.29 is 22.4 Å². The molecular formula is C27H35F4N5O. The van der Waals surface area contributed by atoms with Crippen LogP contribution in [0.3, 0.4) is 0 Å². The average Bonchev–Trinajstić information content (AvgIpc) is 3.61. The number of benzene rings is 1. The minimum absolute atomic E-state index is 0.00965. The van der Waals surface area contributed by atoms with Crippen LogP contribution in [0.4, 0.5) is 17.6 Å². The minimum Gasteiger partial charge on any atom is -0.355 e. The number of carbonyl (C=O) groups is 1. The van der Waals surface area contributed by atoms with Gasteiger partial charge in [-0.2, -0.15) is 13.2 Å². The van der Waals surface area contributed by atoms with Crippen molar-refractivity contribution in [2.45, 2.75) is 57.3 Å². The molecule has 3 atom stereocenters. The van der Waals surface area contributed by atoms with E-state index in [-0.39, 0.29) is 23.7 Å². The number of allylic oxidation sites excluding steroid dienone is 1. The number of halogens is 4. The first-order valence-corrected chi connectivity index (χ1v) is 13.2. The van der Waals surface area contributed by atoms with Gasteiger partial charge in [0.25, 0.3) is 0 Å². The molecule has 1 saturated carbocycles. The Morgan fingerprint density at radius 2 is 1.95 bits per heavy atom.